The van der Waals surface area contributed by atoms with E-state index in [4.69, 9.17) is 19.9 Å². The zero-order valence-corrected chi connectivity index (χ0v) is 14.4. The molecule has 9 heteroatoms. The summed E-state index contributed by atoms with van der Waals surface area (Å²) in [5, 5.41) is 2.98. The van der Waals surface area contributed by atoms with E-state index in [-0.39, 0.29) is 13.4 Å². The fourth-order valence-corrected chi connectivity index (χ4v) is 3.08. The number of hydrogen-bond acceptors (Lipinski definition) is 8. The van der Waals surface area contributed by atoms with Gasteiger partial charge in [0.05, 0.1) is 5.69 Å². The number of nitrogens with one attached hydrogen (secondary N) is 1. The molecule has 0 saturated heterocycles. The molecule has 3 N–H and O–H groups in total. The van der Waals surface area contributed by atoms with Crippen molar-refractivity contribution in [3.05, 3.63) is 34.3 Å². The number of thiazole rings is 1. The van der Waals surface area contributed by atoms with E-state index in [1.165, 1.54) is 0 Å². The Labute approximate surface area is 147 Å². The first-order valence-electron chi connectivity index (χ1n) is 7.64. The van der Waals surface area contributed by atoms with Crippen LogP contribution in [0.1, 0.15) is 27.9 Å². The quantitative estimate of drug-likeness (QED) is 0.748. The lowest BCUT2D eigenvalue weighted by atomic mass is 10.2. The molecule has 1 aromatic carbocycles. The highest BCUT2D eigenvalue weighted by Gasteiger charge is 2.18. The van der Waals surface area contributed by atoms with E-state index < -0.39 is 11.9 Å². The summed E-state index contributed by atoms with van der Waals surface area (Å²) in [6, 6.07) is 5.40. The average Bonchev–Trinajstić information content (AvgIpc) is 3.23. The summed E-state index contributed by atoms with van der Waals surface area (Å²) >= 11 is 1.05. The summed E-state index contributed by atoms with van der Waals surface area (Å²) in [6.07, 6.45) is 0.564. The number of nitrogens with two attached hydrogens (primary N) is 1. The van der Waals surface area contributed by atoms with E-state index in [0.29, 0.717) is 40.2 Å². The maximum absolute atomic E-state index is 12.0. The number of amides is 1. The third-order valence-corrected chi connectivity index (χ3v) is 4.40. The molecule has 0 spiro atoms. The molecular weight excluding hydrogens is 346 g/mol. The van der Waals surface area contributed by atoms with E-state index in [2.05, 4.69) is 10.3 Å². The first kappa shape index (κ1) is 17.0. The number of fused-ring (bicyclic) bond motifs is 1. The summed E-state index contributed by atoms with van der Waals surface area (Å²) in [4.78, 5) is 28.3. The molecule has 2 heterocycles. The molecule has 0 fully saturated rings. The van der Waals surface area contributed by atoms with Gasteiger partial charge >= 0.3 is 5.97 Å². The SMILES string of the molecule is CCc1nc(N)sc1C(=O)OCC(=O)NCc1ccc2c(c1)OCO2. The molecule has 25 heavy (non-hydrogen) atoms. The predicted molar refractivity (Wildman–Crippen MR) is 90.6 cm³/mol. The number of nitrogens with zero attached hydrogens (tertiary/aromatic N) is 1. The van der Waals surface area contributed by atoms with Gasteiger partial charge < -0.3 is 25.3 Å². The zero-order valence-electron chi connectivity index (χ0n) is 13.5. The second-order valence-corrected chi connectivity index (χ2v) is 6.25. The molecule has 0 bridgehead atoms. The van der Waals surface area contributed by atoms with Crippen molar-refractivity contribution in [2.45, 2.75) is 19.9 Å². The molecule has 0 atom stereocenters. The molecule has 1 aromatic heterocycles. The van der Waals surface area contributed by atoms with Crippen LogP contribution in [0.25, 0.3) is 0 Å². The van der Waals surface area contributed by atoms with Crippen LogP contribution in [0.15, 0.2) is 18.2 Å². The van der Waals surface area contributed by atoms with Crippen molar-refractivity contribution >= 4 is 28.3 Å². The van der Waals surface area contributed by atoms with Crippen molar-refractivity contribution in [2.75, 3.05) is 19.1 Å². The Morgan fingerprint density at radius 3 is 2.96 bits per heavy atom. The lowest BCUT2D eigenvalue weighted by Crippen LogP contribution is -2.28. The Bertz CT molecular complexity index is 805. The van der Waals surface area contributed by atoms with Gasteiger partial charge in [-0.1, -0.05) is 24.3 Å². The lowest BCUT2D eigenvalue weighted by Gasteiger charge is -2.07. The summed E-state index contributed by atoms with van der Waals surface area (Å²) < 4.78 is 15.5. The van der Waals surface area contributed by atoms with E-state index in [9.17, 15) is 9.59 Å². The number of nitrogen functional groups attached to an aromatic ring is 1. The minimum atomic E-state index is -0.593. The third kappa shape index (κ3) is 4.00. The Morgan fingerprint density at radius 1 is 1.36 bits per heavy atom. The van der Waals surface area contributed by atoms with E-state index in [1.807, 2.05) is 13.0 Å². The second kappa shape index (κ2) is 7.39. The maximum Gasteiger partial charge on any atom is 0.350 e. The lowest BCUT2D eigenvalue weighted by molar-refractivity contribution is -0.124. The molecule has 1 amide bonds. The van der Waals surface area contributed by atoms with E-state index in [0.717, 1.165) is 16.9 Å². The number of carbonyl (C=O) groups is 2. The normalized spacial score (nSPS) is 12.0. The number of aromatic nitrogens is 1. The second-order valence-electron chi connectivity index (χ2n) is 5.22. The highest BCUT2D eigenvalue weighted by Crippen LogP contribution is 2.32. The molecule has 0 unspecified atom stereocenters. The average molecular weight is 363 g/mol. The van der Waals surface area contributed by atoms with E-state index in [1.54, 1.807) is 12.1 Å². The molecule has 1 aliphatic heterocycles. The molecule has 8 nitrogen and oxygen atoms in total. The number of rotatable bonds is 6. The van der Waals surface area contributed by atoms with E-state index >= 15 is 0 Å². The Balaban J connectivity index is 1.48. The first-order valence-corrected chi connectivity index (χ1v) is 8.46. The first-order chi connectivity index (χ1) is 12.1. The molecule has 0 aliphatic carbocycles. The molecule has 0 radical (unpaired) electrons. The van der Waals surface area contributed by atoms with Crippen LogP contribution >= 0.6 is 11.3 Å². The number of ether oxygens (including phenoxy) is 3. The molecule has 0 saturated carbocycles. The minimum absolute atomic E-state index is 0.197. The number of aryl methyl sites for hydroxylation is 1. The van der Waals surface area contributed by atoms with Crippen LogP contribution in [0, 0.1) is 0 Å². The molecule has 2 aromatic rings. The van der Waals surface area contributed by atoms with Gasteiger partial charge in [-0.15, -0.1) is 0 Å². The molecular formula is C16H17N3O5S. The Morgan fingerprint density at radius 2 is 2.16 bits per heavy atom. The Kier molecular flexibility index (Phi) is 5.03. The number of hydrogen-bond donors (Lipinski definition) is 2. The maximum atomic E-state index is 12.0. The standard InChI is InChI=1S/C16H17N3O5S/c1-2-10-14(25-16(17)19-10)15(21)22-7-13(20)18-6-9-3-4-11-12(5-9)24-8-23-11/h3-5H,2,6-8H2,1H3,(H2,17,19)(H,18,20). The van der Waals surface area contributed by atoms with Crippen LogP contribution < -0.4 is 20.5 Å². The third-order valence-electron chi connectivity index (χ3n) is 3.50. The van der Waals surface area contributed by atoms with Crippen molar-refractivity contribution in [1.82, 2.24) is 10.3 Å². The number of carbonyl (C=O) groups excluding carboxylic acids is 2. The summed E-state index contributed by atoms with van der Waals surface area (Å²) in [6.45, 7) is 1.98. The van der Waals surface area contributed by atoms with Crippen molar-refractivity contribution in [1.29, 1.82) is 0 Å². The predicted octanol–water partition coefficient (Wildman–Crippen LogP) is 1.49. The summed E-state index contributed by atoms with van der Waals surface area (Å²) in [7, 11) is 0. The van der Waals surface area contributed by atoms with Gasteiger partial charge in [0, 0.05) is 6.54 Å². The van der Waals surface area contributed by atoms with Gasteiger partial charge in [0.25, 0.3) is 5.91 Å². The van der Waals surface area contributed by atoms with Gasteiger partial charge in [-0.3, -0.25) is 4.79 Å². The number of benzene rings is 1. The van der Waals surface area contributed by atoms with Crippen LogP contribution in [-0.2, 0) is 22.5 Å². The van der Waals surface area contributed by atoms with Crippen LogP contribution in [0.5, 0.6) is 11.5 Å². The summed E-state index contributed by atoms with van der Waals surface area (Å²) in [5.74, 6) is 0.332. The van der Waals surface area contributed by atoms with Crippen LogP contribution in [0.2, 0.25) is 0 Å². The number of esters is 1. The fourth-order valence-electron chi connectivity index (χ4n) is 2.27. The van der Waals surface area contributed by atoms with Crippen LogP contribution in [0.3, 0.4) is 0 Å². The monoisotopic (exact) mass is 363 g/mol. The number of anilines is 1. The molecule has 132 valence electrons. The Hall–Kier alpha value is -2.81. The fraction of sp³-hybridized carbons (Fsp3) is 0.312. The van der Waals surface area contributed by atoms with Gasteiger partial charge in [0.2, 0.25) is 6.79 Å². The molecule has 1 aliphatic rings. The van der Waals surface area contributed by atoms with Gasteiger partial charge in [-0.05, 0) is 24.1 Å². The van der Waals surface area contributed by atoms with Gasteiger partial charge in [0.15, 0.2) is 23.2 Å². The van der Waals surface area contributed by atoms with Crippen molar-refractivity contribution in [3.63, 3.8) is 0 Å². The highest BCUT2D eigenvalue weighted by molar-refractivity contribution is 7.17. The van der Waals surface area contributed by atoms with Gasteiger partial charge in [-0.2, -0.15) is 0 Å². The van der Waals surface area contributed by atoms with Crippen LogP contribution in [-0.4, -0.2) is 30.3 Å². The zero-order chi connectivity index (χ0) is 17.8. The minimum Gasteiger partial charge on any atom is -0.454 e. The van der Waals surface area contributed by atoms with Crippen molar-refractivity contribution in [3.8, 4) is 11.5 Å². The highest BCUT2D eigenvalue weighted by atomic mass is 32.1. The molecule has 3 rings (SSSR count). The van der Waals surface area contributed by atoms with Gasteiger partial charge in [0.1, 0.15) is 4.88 Å². The largest absolute Gasteiger partial charge is 0.454 e. The summed E-state index contributed by atoms with van der Waals surface area (Å²) in [5.41, 5.74) is 7.03. The van der Waals surface area contributed by atoms with Gasteiger partial charge in [-0.25, -0.2) is 9.78 Å². The van der Waals surface area contributed by atoms with Crippen molar-refractivity contribution in [2.24, 2.45) is 0 Å². The smallest absolute Gasteiger partial charge is 0.350 e. The van der Waals surface area contributed by atoms with Crippen LogP contribution in [0.4, 0.5) is 5.13 Å². The topological polar surface area (TPSA) is 113 Å². The van der Waals surface area contributed by atoms with Crippen molar-refractivity contribution < 1.29 is 23.8 Å².